The van der Waals surface area contributed by atoms with Crippen LogP contribution in [-0.4, -0.2) is 17.8 Å². The van der Waals surface area contributed by atoms with Crippen molar-refractivity contribution in [2.45, 2.75) is 58.1 Å². The van der Waals surface area contributed by atoms with Crippen LogP contribution in [0.4, 0.5) is 0 Å². The van der Waals surface area contributed by atoms with Gasteiger partial charge < -0.3 is 10.4 Å². The minimum Gasteiger partial charge on any atom is -0.392 e. The fourth-order valence-corrected chi connectivity index (χ4v) is 2.42. The van der Waals surface area contributed by atoms with Gasteiger partial charge in [-0.2, -0.15) is 0 Å². The van der Waals surface area contributed by atoms with Crippen LogP contribution in [0.25, 0.3) is 0 Å². The molecule has 2 atom stereocenters. The molecule has 0 saturated heterocycles. The Balaban J connectivity index is 1.79. The van der Waals surface area contributed by atoms with E-state index < -0.39 is 0 Å². The normalized spacial score (nSPS) is 18.3. The molecule has 19 heavy (non-hydrogen) atoms. The van der Waals surface area contributed by atoms with Gasteiger partial charge in [0.1, 0.15) is 0 Å². The minimum atomic E-state index is -0.161. The molecule has 0 bridgehead atoms. The molecular formula is C17H27NO. The monoisotopic (exact) mass is 261 g/mol. The van der Waals surface area contributed by atoms with E-state index in [9.17, 15) is 5.11 Å². The van der Waals surface area contributed by atoms with Crippen molar-refractivity contribution in [3.8, 4) is 0 Å². The van der Waals surface area contributed by atoms with Gasteiger partial charge in [0, 0.05) is 12.6 Å². The fraction of sp³-hybridized carbons (Fsp3) is 0.647. The summed E-state index contributed by atoms with van der Waals surface area (Å²) in [5.74, 6) is 0.552. The predicted molar refractivity (Wildman–Crippen MR) is 80.2 cm³/mol. The van der Waals surface area contributed by atoms with Crippen molar-refractivity contribution in [3.05, 3.63) is 35.4 Å². The van der Waals surface area contributed by atoms with Crippen LogP contribution in [-0.2, 0) is 6.42 Å². The van der Waals surface area contributed by atoms with Crippen LogP contribution in [0.3, 0.4) is 0 Å². The summed E-state index contributed by atoms with van der Waals surface area (Å²) in [6.07, 6.45) is 5.93. The molecular weight excluding hydrogens is 234 g/mol. The molecule has 1 aliphatic carbocycles. The van der Waals surface area contributed by atoms with Crippen LogP contribution < -0.4 is 5.32 Å². The zero-order valence-electron chi connectivity index (χ0n) is 12.2. The Morgan fingerprint density at radius 1 is 1.26 bits per heavy atom. The number of hydrogen-bond donors (Lipinski definition) is 2. The maximum atomic E-state index is 9.86. The summed E-state index contributed by atoms with van der Waals surface area (Å²) in [4.78, 5) is 0. The Labute approximate surface area is 117 Å². The van der Waals surface area contributed by atoms with Crippen molar-refractivity contribution in [3.63, 3.8) is 0 Å². The Hall–Kier alpha value is -0.860. The van der Waals surface area contributed by atoms with E-state index in [4.69, 9.17) is 0 Å². The molecule has 1 aromatic carbocycles. The summed E-state index contributed by atoms with van der Waals surface area (Å²) in [6.45, 7) is 5.11. The second-order valence-corrected chi connectivity index (χ2v) is 5.88. The van der Waals surface area contributed by atoms with Crippen molar-refractivity contribution >= 4 is 0 Å². The second-order valence-electron chi connectivity index (χ2n) is 5.88. The summed E-state index contributed by atoms with van der Waals surface area (Å²) in [6, 6.07) is 9.22. The fourth-order valence-electron chi connectivity index (χ4n) is 2.42. The van der Waals surface area contributed by atoms with Gasteiger partial charge in [0.05, 0.1) is 6.10 Å². The summed E-state index contributed by atoms with van der Waals surface area (Å²) >= 11 is 0. The van der Waals surface area contributed by atoms with E-state index in [1.54, 1.807) is 0 Å². The first-order valence-corrected chi connectivity index (χ1v) is 7.71. The standard InChI is InChI=1S/C17H27NO/c1-3-4-5-14-6-8-15(9-7-14)13(2)18-12-17(19)16-10-11-16/h6-9,13,16-19H,3-5,10-12H2,1-2H3. The van der Waals surface area contributed by atoms with Crippen molar-refractivity contribution in [1.29, 1.82) is 0 Å². The third-order valence-corrected chi connectivity index (χ3v) is 4.10. The number of aliphatic hydroxyl groups is 1. The minimum absolute atomic E-state index is 0.161. The molecule has 0 aliphatic heterocycles. The molecule has 0 heterocycles. The lowest BCUT2D eigenvalue weighted by Crippen LogP contribution is -2.30. The number of benzene rings is 1. The van der Waals surface area contributed by atoms with Gasteiger partial charge in [-0.1, -0.05) is 37.6 Å². The molecule has 0 spiro atoms. The average Bonchev–Trinajstić information content (AvgIpc) is 3.27. The maximum absolute atomic E-state index is 9.86. The van der Waals surface area contributed by atoms with E-state index in [-0.39, 0.29) is 6.10 Å². The van der Waals surface area contributed by atoms with Crippen LogP contribution in [0.1, 0.15) is 56.7 Å². The van der Waals surface area contributed by atoms with Crippen molar-refractivity contribution in [1.82, 2.24) is 5.32 Å². The second kappa shape index (κ2) is 7.06. The highest BCUT2D eigenvalue weighted by Crippen LogP contribution is 2.32. The highest BCUT2D eigenvalue weighted by molar-refractivity contribution is 5.24. The SMILES string of the molecule is CCCCc1ccc(C(C)NCC(O)C2CC2)cc1. The molecule has 2 unspecified atom stereocenters. The van der Waals surface area contributed by atoms with Crippen LogP contribution in [0.15, 0.2) is 24.3 Å². The van der Waals surface area contributed by atoms with Crippen LogP contribution >= 0.6 is 0 Å². The van der Waals surface area contributed by atoms with Crippen LogP contribution in [0.5, 0.6) is 0 Å². The lowest BCUT2D eigenvalue weighted by molar-refractivity contribution is 0.145. The number of aliphatic hydroxyl groups excluding tert-OH is 1. The molecule has 0 radical (unpaired) electrons. The number of aryl methyl sites for hydroxylation is 1. The van der Waals surface area contributed by atoms with Crippen molar-refractivity contribution < 1.29 is 5.11 Å². The molecule has 1 aliphatic rings. The number of rotatable bonds is 8. The van der Waals surface area contributed by atoms with Crippen molar-refractivity contribution in [2.75, 3.05) is 6.54 Å². The Morgan fingerprint density at radius 2 is 1.95 bits per heavy atom. The highest BCUT2D eigenvalue weighted by Gasteiger charge is 2.29. The molecule has 1 saturated carbocycles. The van der Waals surface area contributed by atoms with Gasteiger partial charge in [-0.3, -0.25) is 0 Å². The first kappa shape index (κ1) is 14.5. The van der Waals surface area contributed by atoms with Gasteiger partial charge in [0.2, 0.25) is 0 Å². The lowest BCUT2D eigenvalue weighted by atomic mass is 10.0. The average molecular weight is 261 g/mol. The smallest absolute Gasteiger partial charge is 0.0692 e. The zero-order valence-corrected chi connectivity index (χ0v) is 12.2. The Kier molecular flexibility index (Phi) is 5.41. The zero-order chi connectivity index (χ0) is 13.7. The summed E-state index contributed by atoms with van der Waals surface area (Å²) in [5, 5.41) is 13.3. The van der Waals surface area contributed by atoms with E-state index in [2.05, 4.69) is 43.4 Å². The largest absolute Gasteiger partial charge is 0.392 e. The molecule has 1 aromatic rings. The molecule has 0 aromatic heterocycles. The topological polar surface area (TPSA) is 32.3 Å². The van der Waals surface area contributed by atoms with Crippen LogP contribution in [0, 0.1) is 5.92 Å². The van der Waals surface area contributed by atoms with E-state index in [0.717, 1.165) is 0 Å². The molecule has 2 heteroatoms. The molecule has 2 N–H and O–H groups in total. The lowest BCUT2D eigenvalue weighted by Gasteiger charge is -2.17. The van der Waals surface area contributed by atoms with Gasteiger partial charge in [-0.05, 0) is 49.7 Å². The molecule has 2 nitrogen and oxygen atoms in total. The number of nitrogens with one attached hydrogen (secondary N) is 1. The highest BCUT2D eigenvalue weighted by atomic mass is 16.3. The molecule has 2 rings (SSSR count). The van der Waals surface area contributed by atoms with Gasteiger partial charge in [-0.25, -0.2) is 0 Å². The van der Waals surface area contributed by atoms with Crippen molar-refractivity contribution in [2.24, 2.45) is 5.92 Å². The van der Waals surface area contributed by atoms with E-state index >= 15 is 0 Å². The third-order valence-electron chi connectivity index (χ3n) is 4.10. The van der Waals surface area contributed by atoms with Gasteiger partial charge >= 0.3 is 0 Å². The predicted octanol–water partition coefficient (Wildman–Crippen LogP) is 3.45. The Bertz CT molecular complexity index is 369. The van der Waals surface area contributed by atoms with Gasteiger partial charge in [-0.15, -0.1) is 0 Å². The quantitative estimate of drug-likeness (QED) is 0.751. The maximum Gasteiger partial charge on any atom is 0.0692 e. The Morgan fingerprint density at radius 3 is 2.53 bits per heavy atom. The number of unbranched alkanes of at least 4 members (excludes halogenated alkanes) is 1. The molecule has 0 amide bonds. The first-order valence-electron chi connectivity index (χ1n) is 7.71. The van der Waals surface area contributed by atoms with Gasteiger partial charge in [0.25, 0.3) is 0 Å². The first-order chi connectivity index (χ1) is 9.20. The third kappa shape index (κ3) is 4.63. The van der Waals surface area contributed by atoms with E-state index in [1.165, 1.54) is 43.2 Å². The summed E-state index contributed by atoms with van der Waals surface area (Å²) < 4.78 is 0. The molecule has 106 valence electrons. The summed E-state index contributed by atoms with van der Waals surface area (Å²) in [7, 11) is 0. The van der Waals surface area contributed by atoms with Gasteiger partial charge in [0.15, 0.2) is 0 Å². The molecule has 1 fully saturated rings. The summed E-state index contributed by atoms with van der Waals surface area (Å²) in [5.41, 5.74) is 2.74. The van der Waals surface area contributed by atoms with E-state index in [0.29, 0.717) is 18.5 Å². The number of hydrogen-bond acceptors (Lipinski definition) is 2. The van der Waals surface area contributed by atoms with Crippen LogP contribution in [0.2, 0.25) is 0 Å². The van der Waals surface area contributed by atoms with E-state index in [1.807, 2.05) is 0 Å².